The molecule has 0 aliphatic heterocycles. The number of carboxylic acid groups (broad SMARTS) is 1. The monoisotopic (exact) mass is 287 g/mol. The third kappa shape index (κ3) is 2.82. The van der Waals surface area contributed by atoms with Crippen molar-refractivity contribution in [2.45, 2.75) is 44.0 Å². The van der Waals surface area contributed by atoms with Crippen molar-refractivity contribution in [1.82, 2.24) is 4.72 Å². The second-order valence-electron chi connectivity index (χ2n) is 4.97. The molecule has 6 nitrogen and oxygen atoms in total. The van der Waals surface area contributed by atoms with Crippen LogP contribution in [0.15, 0.2) is 15.4 Å². The Morgan fingerprint density at radius 1 is 1.47 bits per heavy atom. The van der Waals surface area contributed by atoms with Gasteiger partial charge in [-0.2, -0.15) is 0 Å². The van der Waals surface area contributed by atoms with Crippen molar-refractivity contribution >= 4 is 16.0 Å². The van der Waals surface area contributed by atoms with Gasteiger partial charge < -0.3 is 9.52 Å². The summed E-state index contributed by atoms with van der Waals surface area (Å²) in [5.74, 6) is -1.26. The van der Waals surface area contributed by atoms with Crippen LogP contribution in [0, 0.1) is 12.8 Å². The van der Waals surface area contributed by atoms with Gasteiger partial charge in [0.25, 0.3) is 0 Å². The SMILES string of the molecule is Cc1oc(C(=O)O)cc1S(=O)(=O)N[C@H]1CCC[C@H]1C. The van der Waals surface area contributed by atoms with Crippen molar-refractivity contribution in [3.05, 3.63) is 17.6 Å². The molecule has 1 aliphatic rings. The van der Waals surface area contributed by atoms with E-state index in [1.165, 1.54) is 6.92 Å². The normalized spacial score (nSPS) is 23.7. The van der Waals surface area contributed by atoms with E-state index >= 15 is 0 Å². The maximum absolute atomic E-state index is 12.2. The molecule has 0 saturated heterocycles. The van der Waals surface area contributed by atoms with Gasteiger partial charge in [-0.1, -0.05) is 13.3 Å². The summed E-state index contributed by atoms with van der Waals surface area (Å²) in [6.07, 6.45) is 2.81. The Kier molecular flexibility index (Phi) is 3.69. The predicted octanol–water partition coefficient (Wildman–Crippen LogP) is 1.75. The minimum atomic E-state index is -3.73. The van der Waals surface area contributed by atoms with Crippen LogP contribution in [0.2, 0.25) is 0 Å². The van der Waals surface area contributed by atoms with Crippen LogP contribution in [0.1, 0.15) is 42.5 Å². The molecule has 7 heteroatoms. The zero-order valence-corrected chi connectivity index (χ0v) is 11.7. The lowest BCUT2D eigenvalue weighted by Crippen LogP contribution is -2.36. The van der Waals surface area contributed by atoms with Gasteiger partial charge in [-0.15, -0.1) is 0 Å². The predicted molar refractivity (Wildman–Crippen MR) is 67.5 cm³/mol. The maximum Gasteiger partial charge on any atom is 0.371 e. The Labute approximate surface area is 111 Å². The highest BCUT2D eigenvalue weighted by Crippen LogP contribution is 2.27. The lowest BCUT2D eigenvalue weighted by atomic mass is 10.1. The largest absolute Gasteiger partial charge is 0.475 e. The number of aromatic carboxylic acids is 1. The van der Waals surface area contributed by atoms with Crippen molar-refractivity contribution in [2.24, 2.45) is 5.92 Å². The van der Waals surface area contributed by atoms with Gasteiger partial charge in [-0.3, -0.25) is 0 Å². The molecule has 2 N–H and O–H groups in total. The first-order chi connectivity index (χ1) is 8.81. The summed E-state index contributed by atoms with van der Waals surface area (Å²) in [6, 6.07) is 0.965. The van der Waals surface area contributed by atoms with E-state index < -0.39 is 16.0 Å². The second kappa shape index (κ2) is 4.97. The molecule has 1 saturated carbocycles. The Morgan fingerprint density at radius 3 is 2.63 bits per heavy atom. The van der Waals surface area contributed by atoms with E-state index in [4.69, 9.17) is 9.52 Å². The van der Waals surface area contributed by atoms with E-state index in [-0.39, 0.29) is 22.5 Å². The minimum Gasteiger partial charge on any atom is -0.475 e. The Bertz CT molecular complexity index is 589. The van der Waals surface area contributed by atoms with Crippen LogP contribution in [-0.4, -0.2) is 25.5 Å². The summed E-state index contributed by atoms with van der Waals surface area (Å²) in [4.78, 5) is 10.7. The van der Waals surface area contributed by atoms with E-state index in [2.05, 4.69) is 4.72 Å². The van der Waals surface area contributed by atoms with E-state index in [1.54, 1.807) is 0 Å². The molecule has 1 heterocycles. The highest BCUT2D eigenvalue weighted by atomic mass is 32.2. The molecule has 2 atom stereocenters. The average Bonchev–Trinajstić information content (AvgIpc) is 2.86. The third-order valence-corrected chi connectivity index (χ3v) is 5.14. The zero-order valence-electron chi connectivity index (χ0n) is 10.8. The van der Waals surface area contributed by atoms with E-state index in [0.717, 1.165) is 25.3 Å². The van der Waals surface area contributed by atoms with Crippen LogP contribution >= 0.6 is 0 Å². The Hall–Kier alpha value is -1.34. The van der Waals surface area contributed by atoms with Crippen LogP contribution < -0.4 is 4.72 Å². The molecule has 2 rings (SSSR count). The average molecular weight is 287 g/mol. The van der Waals surface area contributed by atoms with Crippen LogP contribution in [0.5, 0.6) is 0 Å². The van der Waals surface area contributed by atoms with Crippen LogP contribution in [0.25, 0.3) is 0 Å². The van der Waals surface area contributed by atoms with E-state index in [1.807, 2.05) is 6.92 Å². The lowest BCUT2D eigenvalue weighted by molar-refractivity contribution is 0.0661. The fourth-order valence-electron chi connectivity index (χ4n) is 2.42. The number of sulfonamides is 1. The third-order valence-electron chi connectivity index (χ3n) is 3.54. The van der Waals surface area contributed by atoms with Gasteiger partial charge in [0.05, 0.1) is 0 Å². The molecule has 0 radical (unpaired) electrons. The van der Waals surface area contributed by atoms with Crippen LogP contribution in [0.3, 0.4) is 0 Å². The number of furan rings is 1. The van der Waals surface area contributed by atoms with Crippen LogP contribution in [-0.2, 0) is 10.0 Å². The van der Waals surface area contributed by atoms with Crippen LogP contribution in [0.4, 0.5) is 0 Å². The van der Waals surface area contributed by atoms with E-state index in [9.17, 15) is 13.2 Å². The number of carboxylic acids is 1. The van der Waals surface area contributed by atoms with E-state index in [0.29, 0.717) is 5.92 Å². The standard InChI is InChI=1S/C12H17NO5S/c1-7-4-3-5-9(7)13-19(16,17)11-6-10(12(14)15)18-8(11)2/h6-7,9,13H,3-5H2,1-2H3,(H,14,15)/t7-,9+/m1/s1. The van der Waals surface area contributed by atoms with Gasteiger partial charge in [-0.05, 0) is 25.7 Å². The number of hydrogen-bond donors (Lipinski definition) is 2. The summed E-state index contributed by atoms with van der Waals surface area (Å²) in [7, 11) is -3.73. The molecule has 1 aromatic heterocycles. The lowest BCUT2D eigenvalue weighted by Gasteiger charge is -2.16. The highest BCUT2D eigenvalue weighted by molar-refractivity contribution is 7.89. The van der Waals surface area contributed by atoms with Crippen molar-refractivity contribution in [3.63, 3.8) is 0 Å². The smallest absolute Gasteiger partial charge is 0.371 e. The van der Waals surface area contributed by atoms with Gasteiger partial charge >= 0.3 is 5.97 Å². The Balaban J connectivity index is 2.26. The summed E-state index contributed by atoms with van der Waals surface area (Å²) < 4.78 is 32.0. The molecule has 0 aromatic carbocycles. The van der Waals surface area contributed by atoms with Crippen molar-refractivity contribution < 1.29 is 22.7 Å². The number of rotatable bonds is 4. The minimum absolute atomic E-state index is 0.0902. The van der Waals surface area contributed by atoms with Gasteiger partial charge in [-0.25, -0.2) is 17.9 Å². The van der Waals surface area contributed by atoms with Gasteiger partial charge in [0, 0.05) is 12.1 Å². The van der Waals surface area contributed by atoms with Gasteiger partial charge in [0.15, 0.2) is 0 Å². The first-order valence-corrected chi connectivity index (χ1v) is 7.65. The van der Waals surface area contributed by atoms with Crippen molar-refractivity contribution in [1.29, 1.82) is 0 Å². The quantitative estimate of drug-likeness (QED) is 0.879. The highest BCUT2D eigenvalue weighted by Gasteiger charge is 2.31. The fraction of sp³-hybridized carbons (Fsp3) is 0.583. The molecule has 0 unspecified atom stereocenters. The van der Waals surface area contributed by atoms with Gasteiger partial charge in [0.1, 0.15) is 10.7 Å². The summed E-state index contributed by atoms with van der Waals surface area (Å²) in [5.41, 5.74) is 0. The maximum atomic E-state index is 12.2. The molecule has 0 amide bonds. The summed E-state index contributed by atoms with van der Waals surface area (Å²) >= 11 is 0. The molecule has 106 valence electrons. The van der Waals surface area contributed by atoms with Gasteiger partial charge in [0.2, 0.25) is 15.8 Å². The summed E-state index contributed by atoms with van der Waals surface area (Å²) in [6.45, 7) is 3.45. The molecule has 1 aliphatic carbocycles. The second-order valence-corrected chi connectivity index (χ2v) is 6.65. The molecular weight excluding hydrogens is 270 g/mol. The summed E-state index contributed by atoms with van der Waals surface area (Å²) in [5, 5.41) is 8.81. The first-order valence-electron chi connectivity index (χ1n) is 6.17. The first kappa shape index (κ1) is 14.1. The molecular formula is C12H17NO5S. The van der Waals surface area contributed by atoms with Crippen molar-refractivity contribution in [3.8, 4) is 0 Å². The molecule has 1 aromatic rings. The topological polar surface area (TPSA) is 96.6 Å². The molecule has 0 bridgehead atoms. The number of carbonyl (C=O) groups is 1. The molecule has 1 fully saturated rings. The number of aryl methyl sites for hydroxylation is 1. The number of hydrogen-bond acceptors (Lipinski definition) is 4. The molecule has 19 heavy (non-hydrogen) atoms. The van der Waals surface area contributed by atoms with Crippen molar-refractivity contribution in [2.75, 3.05) is 0 Å². The fourth-order valence-corrected chi connectivity index (χ4v) is 3.98. The number of nitrogens with one attached hydrogen (secondary N) is 1. The zero-order chi connectivity index (χ0) is 14.2. The molecule has 0 spiro atoms. The Morgan fingerprint density at radius 2 is 2.16 bits per heavy atom.